The number of hydrazine groups is 1. The zero-order chi connectivity index (χ0) is 13.0. The van der Waals surface area contributed by atoms with Crippen molar-refractivity contribution in [2.75, 3.05) is 5.43 Å². The molecular formula is C13H11BrFIN2. The van der Waals surface area contributed by atoms with Crippen molar-refractivity contribution >= 4 is 44.2 Å². The Hall–Kier alpha value is -0.660. The lowest BCUT2D eigenvalue weighted by Crippen LogP contribution is -2.21. The molecule has 0 fully saturated rings. The summed E-state index contributed by atoms with van der Waals surface area (Å²) in [6.45, 7) is 0.531. The Morgan fingerprint density at radius 1 is 1.17 bits per heavy atom. The normalized spacial score (nSPS) is 10.4. The lowest BCUT2D eigenvalue weighted by Gasteiger charge is -2.10. The van der Waals surface area contributed by atoms with Crippen LogP contribution in [0, 0.1) is 9.39 Å². The van der Waals surface area contributed by atoms with Crippen molar-refractivity contribution in [2.24, 2.45) is 0 Å². The quantitative estimate of drug-likeness (QED) is 0.437. The summed E-state index contributed by atoms with van der Waals surface area (Å²) in [4.78, 5) is 0. The van der Waals surface area contributed by atoms with E-state index in [1.807, 2.05) is 30.3 Å². The first kappa shape index (κ1) is 13.8. The number of halogens is 3. The molecule has 2 aromatic rings. The van der Waals surface area contributed by atoms with Gasteiger partial charge in [0, 0.05) is 20.3 Å². The van der Waals surface area contributed by atoms with Crippen molar-refractivity contribution in [1.82, 2.24) is 5.43 Å². The molecule has 0 saturated heterocycles. The Morgan fingerprint density at radius 3 is 2.61 bits per heavy atom. The Labute approximate surface area is 127 Å². The standard InChI is InChI=1S/C13H11BrFIN2/c14-13-9(6-10(15)7-12(13)16)8-17-18-11-4-2-1-3-5-11/h1-7,17-18H,8H2. The van der Waals surface area contributed by atoms with Crippen molar-refractivity contribution in [3.63, 3.8) is 0 Å². The van der Waals surface area contributed by atoms with E-state index in [4.69, 9.17) is 0 Å². The van der Waals surface area contributed by atoms with Gasteiger partial charge in [-0.2, -0.15) is 0 Å². The summed E-state index contributed by atoms with van der Waals surface area (Å²) in [5.41, 5.74) is 7.98. The Morgan fingerprint density at radius 2 is 1.89 bits per heavy atom. The third kappa shape index (κ3) is 3.66. The molecule has 0 aromatic heterocycles. The highest BCUT2D eigenvalue weighted by molar-refractivity contribution is 14.1. The number of anilines is 1. The molecular weight excluding hydrogens is 410 g/mol. The molecule has 0 aliphatic rings. The minimum atomic E-state index is -0.223. The van der Waals surface area contributed by atoms with E-state index in [-0.39, 0.29) is 5.82 Å². The summed E-state index contributed by atoms with van der Waals surface area (Å²) in [6.07, 6.45) is 0. The van der Waals surface area contributed by atoms with Gasteiger partial charge in [0.25, 0.3) is 0 Å². The molecule has 0 saturated carbocycles. The SMILES string of the molecule is Fc1cc(I)c(Br)c(CNNc2ccccc2)c1. The van der Waals surface area contributed by atoms with E-state index in [0.717, 1.165) is 19.3 Å². The van der Waals surface area contributed by atoms with Crippen LogP contribution in [-0.4, -0.2) is 0 Å². The fourth-order valence-corrected chi connectivity index (χ4v) is 2.51. The van der Waals surface area contributed by atoms with Crippen LogP contribution in [-0.2, 0) is 6.54 Å². The number of hydrogen-bond donors (Lipinski definition) is 2. The number of nitrogens with one attached hydrogen (secondary N) is 2. The van der Waals surface area contributed by atoms with Crippen molar-refractivity contribution in [3.8, 4) is 0 Å². The minimum Gasteiger partial charge on any atom is -0.321 e. The highest BCUT2D eigenvalue weighted by Crippen LogP contribution is 2.24. The summed E-state index contributed by atoms with van der Waals surface area (Å²) < 4.78 is 15.1. The van der Waals surface area contributed by atoms with E-state index in [1.165, 1.54) is 12.1 Å². The molecule has 18 heavy (non-hydrogen) atoms. The van der Waals surface area contributed by atoms with E-state index in [2.05, 4.69) is 49.4 Å². The first-order chi connectivity index (χ1) is 8.66. The highest BCUT2D eigenvalue weighted by Gasteiger charge is 2.06. The van der Waals surface area contributed by atoms with E-state index in [1.54, 1.807) is 0 Å². The van der Waals surface area contributed by atoms with E-state index in [0.29, 0.717) is 6.54 Å². The molecule has 0 aliphatic carbocycles. The van der Waals surface area contributed by atoms with E-state index < -0.39 is 0 Å². The molecule has 2 aromatic carbocycles. The lowest BCUT2D eigenvalue weighted by molar-refractivity contribution is 0.622. The fraction of sp³-hybridized carbons (Fsp3) is 0.0769. The van der Waals surface area contributed by atoms with Gasteiger partial charge in [-0.25, -0.2) is 9.82 Å². The smallest absolute Gasteiger partial charge is 0.124 e. The maximum atomic E-state index is 13.3. The second-order valence-electron chi connectivity index (χ2n) is 3.71. The third-order valence-corrected chi connectivity index (χ3v) is 4.88. The number of benzene rings is 2. The minimum absolute atomic E-state index is 0.223. The Bertz CT molecular complexity index is 534. The number of para-hydroxylation sites is 1. The molecule has 2 nitrogen and oxygen atoms in total. The maximum absolute atomic E-state index is 13.3. The van der Waals surface area contributed by atoms with Crippen molar-refractivity contribution < 1.29 is 4.39 Å². The molecule has 0 heterocycles. The Kier molecular flexibility index (Phi) is 4.96. The zero-order valence-corrected chi connectivity index (χ0v) is 13.1. The third-order valence-electron chi connectivity index (χ3n) is 2.35. The predicted molar refractivity (Wildman–Crippen MR) is 83.7 cm³/mol. The van der Waals surface area contributed by atoms with Gasteiger partial charge >= 0.3 is 0 Å². The molecule has 0 aliphatic heterocycles. The monoisotopic (exact) mass is 420 g/mol. The molecule has 0 amide bonds. The van der Waals surface area contributed by atoms with Crippen LogP contribution in [0.4, 0.5) is 10.1 Å². The van der Waals surface area contributed by atoms with Gasteiger partial charge in [0.05, 0.1) is 0 Å². The molecule has 5 heteroatoms. The summed E-state index contributed by atoms with van der Waals surface area (Å²) in [5, 5.41) is 0. The van der Waals surface area contributed by atoms with Crippen LogP contribution >= 0.6 is 38.5 Å². The van der Waals surface area contributed by atoms with Gasteiger partial charge in [-0.15, -0.1) is 0 Å². The van der Waals surface area contributed by atoms with Gasteiger partial charge < -0.3 is 5.43 Å². The summed E-state index contributed by atoms with van der Waals surface area (Å²) in [5.74, 6) is -0.223. The molecule has 0 atom stereocenters. The van der Waals surface area contributed by atoms with Gasteiger partial charge in [-0.3, -0.25) is 0 Å². The molecule has 2 N–H and O–H groups in total. The van der Waals surface area contributed by atoms with Crippen LogP contribution in [0.1, 0.15) is 5.56 Å². The Balaban J connectivity index is 1.99. The van der Waals surface area contributed by atoms with Crippen LogP contribution in [0.15, 0.2) is 46.9 Å². The topological polar surface area (TPSA) is 24.1 Å². The molecule has 0 bridgehead atoms. The molecule has 0 radical (unpaired) electrons. The summed E-state index contributed by atoms with van der Waals surface area (Å²) in [7, 11) is 0. The largest absolute Gasteiger partial charge is 0.321 e. The maximum Gasteiger partial charge on any atom is 0.124 e. The molecule has 94 valence electrons. The zero-order valence-electron chi connectivity index (χ0n) is 9.38. The fourth-order valence-electron chi connectivity index (χ4n) is 1.50. The van der Waals surface area contributed by atoms with Crippen molar-refractivity contribution in [1.29, 1.82) is 0 Å². The first-order valence-corrected chi connectivity index (χ1v) is 7.21. The van der Waals surface area contributed by atoms with Crippen LogP contribution < -0.4 is 10.9 Å². The lowest BCUT2D eigenvalue weighted by atomic mass is 10.2. The number of hydrogen-bond acceptors (Lipinski definition) is 2. The van der Waals surface area contributed by atoms with Crippen LogP contribution in [0.2, 0.25) is 0 Å². The molecule has 0 unspecified atom stereocenters. The van der Waals surface area contributed by atoms with Crippen LogP contribution in [0.5, 0.6) is 0 Å². The van der Waals surface area contributed by atoms with Gasteiger partial charge in [-0.05, 0) is 68.3 Å². The average molecular weight is 421 g/mol. The summed E-state index contributed by atoms with van der Waals surface area (Å²) in [6, 6.07) is 12.8. The van der Waals surface area contributed by atoms with Gasteiger partial charge in [-0.1, -0.05) is 18.2 Å². The second-order valence-corrected chi connectivity index (χ2v) is 5.66. The second kappa shape index (κ2) is 6.49. The van der Waals surface area contributed by atoms with Gasteiger partial charge in [0.2, 0.25) is 0 Å². The predicted octanol–water partition coefficient (Wildman–Crippen LogP) is 4.31. The van der Waals surface area contributed by atoms with E-state index in [9.17, 15) is 4.39 Å². The average Bonchev–Trinajstić information content (AvgIpc) is 2.36. The van der Waals surface area contributed by atoms with Crippen molar-refractivity contribution in [2.45, 2.75) is 6.54 Å². The van der Waals surface area contributed by atoms with Crippen LogP contribution in [0.25, 0.3) is 0 Å². The summed E-state index contributed by atoms with van der Waals surface area (Å²) >= 11 is 5.56. The van der Waals surface area contributed by atoms with Crippen LogP contribution in [0.3, 0.4) is 0 Å². The molecule has 2 rings (SSSR count). The van der Waals surface area contributed by atoms with Gasteiger partial charge in [0.1, 0.15) is 5.82 Å². The first-order valence-electron chi connectivity index (χ1n) is 5.34. The molecule has 0 spiro atoms. The van der Waals surface area contributed by atoms with Gasteiger partial charge in [0.15, 0.2) is 0 Å². The number of rotatable bonds is 4. The van der Waals surface area contributed by atoms with E-state index >= 15 is 0 Å². The highest BCUT2D eigenvalue weighted by atomic mass is 127. The van der Waals surface area contributed by atoms with Crippen molar-refractivity contribution in [3.05, 3.63) is 61.9 Å².